The molecule has 2 amide bonds. The fourth-order valence-electron chi connectivity index (χ4n) is 3.78. The monoisotopic (exact) mass is 448 g/mol. The highest BCUT2D eigenvalue weighted by Gasteiger charge is 2.51. The van der Waals surface area contributed by atoms with Gasteiger partial charge in [-0.3, -0.25) is 24.0 Å². The molecule has 0 heterocycles. The van der Waals surface area contributed by atoms with Crippen LogP contribution in [0.5, 0.6) is 0 Å². The smallest absolute Gasteiger partial charge is 0.303 e. The van der Waals surface area contributed by atoms with Crippen LogP contribution in [0.2, 0.25) is 0 Å². The lowest BCUT2D eigenvalue weighted by Crippen LogP contribution is -2.67. The van der Waals surface area contributed by atoms with Gasteiger partial charge in [-0.1, -0.05) is 30.3 Å². The van der Waals surface area contributed by atoms with Crippen molar-refractivity contribution in [3.63, 3.8) is 0 Å². The maximum atomic E-state index is 12.7. The summed E-state index contributed by atoms with van der Waals surface area (Å²) in [5.74, 6) is -2.81. The van der Waals surface area contributed by atoms with Gasteiger partial charge < -0.3 is 24.8 Å². The third kappa shape index (κ3) is 7.36. The second-order valence-corrected chi connectivity index (χ2v) is 7.60. The summed E-state index contributed by atoms with van der Waals surface area (Å²) in [5.41, 5.74) is 0.776. The van der Waals surface area contributed by atoms with E-state index >= 15 is 0 Å². The Morgan fingerprint density at radius 1 is 0.750 bits per heavy atom. The number of hydrogen-bond acceptors (Lipinski definition) is 8. The fraction of sp³-hybridized carbons (Fsp3) is 0.500. The van der Waals surface area contributed by atoms with Crippen LogP contribution in [0.3, 0.4) is 0 Å². The molecule has 1 aromatic rings. The zero-order valence-corrected chi connectivity index (χ0v) is 18.5. The Labute approximate surface area is 186 Å². The summed E-state index contributed by atoms with van der Waals surface area (Å²) in [5, 5.41) is 5.47. The van der Waals surface area contributed by atoms with Crippen LogP contribution in [-0.4, -0.2) is 60.1 Å². The molecule has 0 unspecified atom stereocenters. The molecule has 0 saturated heterocycles. The van der Waals surface area contributed by atoms with E-state index in [4.69, 9.17) is 14.2 Å². The molecule has 0 spiro atoms. The van der Waals surface area contributed by atoms with E-state index < -0.39 is 54.2 Å². The number of esters is 3. The number of carbonyl (C=O) groups excluding carboxylic acids is 5. The Bertz CT molecular complexity index is 857. The molecule has 2 N–H and O–H groups in total. The second-order valence-electron chi connectivity index (χ2n) is 7.60. The largest absolute Gasteiger partial charge is 0.456 e. The predicted molar refractivity (Wildman–Crippen MR) is 111 cm³/mol. The second kappa shape index (κ2) is 11.3. The average Bonchev–Trinajstić information content (AvgIpc) is 2.66. The third-order valence-electron chi connectivity index (χ3n) is 4.80. The molecule has 1 aromatic carbocycles. The molecule has 10 nitrogen and oxygen atoms in total. The molecule has 0 aromatic heterocycles. The minimum absolute atomic E-state index is 0.0700. The summed E-state index contributed by atoms with van der Waals surface area (Å²) < 4.78 is 16.1. The van der Waals surface area contributed by atoms with Gasteiger partial charge in [-0.05, 0) is 12.0 Å². The molecule has 0 radical (unpaired) electrons. The van der Waals surface area contributed by atoms with Gasteiger partial charge in [0.1, 0.15) is 0 Å². The van der Waals surface area contributed by atoms with Crippen molar-refractivity contribution in [1.29, 1.82) is 0 Å². The quantitative estimate of drug-likeness (QED) is 0.452. The highest BCUT2D eigenvalue weighted by molar-refractivity contribution is 5.79. The van der Waals surface area contributed by atoms with E-state index in [0.29, 0.717) is 0 Å². The molecule has 0 bridgehead atoms. The van der Waals surface area contributed by atoms with Gasteiger partial charge >= 0.3 is 17.9 Å². The average molecular weight is 448 g/mol. The van der Waals surface area contributed by atoms with Crippen LogP contribution in [-0.2, 0) is 44.6 Å². The van der Waals surface area contributed by atoms with Crippen LogP contribution in [0.25, 0.3) is 0 Å². The minimum Gasteiger partial charge on any atom is -0.456 e. The Morgan fingerprint density at radius 3 is 1.69 bits per heavy atom. The zero-order chi connectivity index (χ0) is 23.8. The number of ether oxygens (including phenoxy) is 3. The Balaban J connectivity index is 2.36. The molecule has 32 heavy (non-hydrogen) atoms. The lowest BCUT2D eigenvalue weighted by Gasteiger charge is -2.45. The molecule has 1 aliphatic carbocycles. The van der Waals surface area contributed by atoms with E-state index in [-0.39, 0.29) is 18.7 Å². The predicted octanol–water partition coefficient (Wildman–Crippen LogP) is 0.417. The number of hydrogen-bond donors (Lipinski definition) is 2. The number of carbonyl (C=O) groups is 5. The first-order chi connectivity index (χ1) is 15.1. The van der Waals surface area contributed by atoms with Crippen LogP contribution in [0.15, 0.2) is 30.3 Å². The standard InChI is InChI=1S/C22H28N2O8/c1-12(25)23-17-11-18(24-19(29)10-16-8-6-5-7-9-16)21(31-14(3)27)22(32-15(4)28)20(17)30-13(2)26/h5-9,17-18,20-22H,10-11H2,1-4H3,(H,23,25)(H,24,29)/t17-,18+,20+,21-,22-/m0/s1. The van der Waals surface area contributed by atoms with E-state index in [9.17, 15) is 24.0 Å². The first kappa shape index (κ1) is 24.8. The summed E-state index contributed by atoms with van der Waals surface area (Å²) in [4.78, 5) is 59.8. The van der Waals surface area contributed by atoms with Crippen LogP contribution in [0.4, 0.5) is 0 Å². The first-order valence-corrected chi connectivity index (χ1v) is 10.2. The molecule has 2 rings (SSSR count). The Hall–Kier alpha value is -3.43. The number of nitrogens with one attached hydrogen (secondary N) is 2. The van der Waals surface area contributed by atoms with Gasteiger partial charge in [-0.2, -0.15) is 0 Å². The molecular formula is C22H28N2O8. The first-order valence-electron chi connectivity index (χ1n) is 10.2. The number of amides is 2. The Kier molecular flexibility index (Phi) is 8.74. The van der Waals surface area contributed by atoms with E-state index in [1.54, 1.807) is 24.3 Å². The van der Waals surface area contributed by atoms with Crippen molar-refractivity contribution in [2.45, 2.75) is 70.9 Å². The van der Waals surface area contributed by atoms with Crippen molar-refractivity contribution >= 4 is 29.7 Å². The molecule has 10 heteroatoms. The third-order valence-corrected chi connectivity index (χ3v) is 4.80. The highest BCUT2D eigenvalue weighted by Crippen LogP contribution is 2.29. The number of rotatable bonds is 7. The maximum Gasteiger partial charge on any atom is 0.303 e. The number of benzene rings is 1. The summed E-state index contributed by atoms with van der Waals surface area (Å²) in [6.07, 6.45) is -3.35. The molecule has 5 atom stereocenters. The van der Waals surface area contributed by atoms with Crippen molar-refractivity contribution in [2.75, 3.05) is 0 Å². The highest BCUT2D eigenvalue weighted by atomic mass is 16.6. The van der Waals surface area contributed by atoms with Gasteiger partial charge in [-0.25, -0.2) is 0 Å². The van der Waals surface area contributed by atoms with Gasteiger partial charge in [0.05, 0.1) is 18.5 Å². The minimum atomic E-state index is -1.24. The summed E-state index contributed by atoms with van der Waals surface area (Å²) in [7, 11) is 0. The van der Waals surface area contributed by atoms with Gasteiger partial charge in [0.2, 0.25) is 11.8 Å². The SMILES string of the molecule is CC(=O)N[C@H]1C[C@@H](NC(=O)Cc2ccccc2)[C@H](OC(C)=O)[C@@H](OC(C)=O)[C@@H]1OC(C)=O. The van der Waals surface area contributed by atoms with Crippen molar-refractivity contribution < 1.29 is 38.2 Å². The fourth-order valence-corrected chi connectivity index (χ4v) is 3.78. The van der Waals surface area contributed by atoms with Crippen LogP contribution in [0.1, 0.15) is 39.7 Å². The van der Waals surface area contributed by atoms with Gasteiger partial charge in [-0.15, -0.1) is 0 Å². The summed E-state index contributed by atoms with van der Waals surface area (Å²) in [6.45, 7) is 4.78. The van der Waals surface area contributed by atoms with Crippen molar-refractivity contribution in [1.82, 2.24) is 10.6 Å². The lowest BCUT2D eigenvalue weighted by molar-refractivity contribution is -0.196. The van der Waals surface area contributed by atoms with Gasteiger partial charge in [0.15, 0.2) is 18.3 Å². The normalized spacial score (nSPS) is 24.6. The molecular weight excluding hydrogens is 420 g/mol. The van der Waals surface area contributed by atoms with Gasteiger partial charge in [0.25, 0.3) is 0 Å². The van der Waals surface area contributed by atoms with Crippen LogP contribution >= 0.6 is 0 Å². The molecule has 1 fully saturated rings. The summed E-state index contributed by atoms with van der Waals surface area (Å²) >= 11 is 0. The van der Waals surface area contributed by atoms with Crippen molar-refractivity contribution in [3.8, 4) is 0 Å². The molecule has 1 aliphatic rings. The van der Waals surface area contributed by atoms with E-state index in [1.807, 2.05) is 6.07 Å². The summed E-state index contributed by atoms with van der Waals surface area (Å²) in [6, 6.07) is 7.41. The van der Waals surface area contributed by atoms with Crippen LogP contribution < -0.4 is 10.6 Å². The molecule has 1 saturated carbocycles. The zero-order valence-electron chi connectivity index (χ0n) is 18.5. The van der Waals surface area contributed by atoms with Crippen molar-refractivity contribution in [3.05, 3.63) is 35.9 Å². The lowest BCUT2D eigenvalue weighted by atomic mass is 9.83. The maximum absolute atomic E-state index is 12.7. The van der Waals surface area contributed by atoms with E-state index in [1.165, 1.54) is 20.8 Å². The molecule has 0 aliphatic heterocycles. The van der Waals surface area contributed by atoms with E-state index in [2.05, 4.69) is 10.6 Å². The Morgan fingerprint density at radius 2 is 1.22 bits per heavy atom. The topological polar surface area (TPSA) is 137 Å². The van der Waals surface area contributed by atoms with Crippen LogP contribution in [0, 0.1) is 0 Å². The van der Waals surface area contributed by atoms with Gasteiger partial charge in [0, 0.05) is 27.7 Å². The molecule has 174 valence electrons. The van der Waals surface area contributed by atoms with E-state index in [0.717, 1.165) is 12.5 Å². The van der Waals surface area contributed by atoms with Crippen molar-refractivity contribution in [2.24, 2.45) is 0 Å².